The van der Waals surface area contributed by atoms with E-state index >= 15 is 0 Å². The lowest BCUT2D eigenvalue weighted by atomic mass is 10.2. The van der Waals surface area contributed by atoms with Crippen LogP contribution in [0.4, 0.5) is 5.82 Å². The molecule has 0 saturated heterocycles. The van der Waals surface area contributed by atoms with Gasteiger partial charge in [-0.2, -0.15) is 5.26 Å². The van der Waals surface area contributed by atoms with Gasteiger partial charge < -0.3 is 9.64 Å². The monoisotopic (exact) mass is 203 g/mol. The van der Waals surface area contributed by atoms with E-state index in [1.807, 2.05) is 19.0 Å². The zero-order chi connectivity index (χ0) is 10.8. The van der Waals surface area contributed by atoms with Crippen LogP contribution in [0.25, 0.3) is 0 Å². The van der Waals surface area contributed by atoms with Gasteiger partial charge >= 0.3 is 0 Å². The molecule has 4 heteroatoms. The van der Waals surface area contributed by atoms with Crippen molar-refractivity contribution in [3.8, 4) is 11.8 Å². The third kappa shape index (κ3) is 2.18. The smallest absolute Gasteiger partial charge is 0.146 e. The van der Waals surface area contributed by atoms with Crippen LogP contribution in [0.15, 0.2) is 12.3 Å². The van der Waals surface area contributed by atoms with E-state index in [2.05, 4.69) is 11.1 Å². The predicted octanol–water partition coefficient (Wildman–Crippen LogP) is 1.56. The second-order valence-corrected chi connectivity index (χ2v) is 3.87. The minimum absolute atomic E-state index is 0.337. The fourth-order valence-corrected chi connectivity index (χ4v) is 1.32. The molecule has 0 aromatic carbocycles. The summed E-state index contributed by atoms with van der Waals surface area (Å²) in [6.07, 6.45) is 4.23. The van der Waals surface area contributed by atoms with Crippen molar-refractivity contribution >= 4 is 5.82 Å². The van der Waals surface area contributed by atoms with Crippen molar-refractivity contribution in [2.45, 2.75) is 18.9 Å². The minimum Gasteiger partial charge on any atom is -0.489 e. The number of pyridine rings is 1. The highest BCUT2D eigenvalue weighted by atomic mass is 16.5. The van der Waals surface area contributed by atoms with Crippen molar-refractivity contribution in [1.82, 2.24) is 4.98 Å². The largest absolute Gasteiger partial charge is 0.489 e. The summed E-state index contributed by atoms with van der Waals surface area (Å²) < 4.78 is 5.57. The van der Waals surface area contributed by atoms with Crippen molar-refractivity contribution < 1.29 is 4.74 Å². The van der Waals surface area contributed by atoms with Crippen LogP contribution < -0.4 is 9.64 Å². The van der Waals surface area contributed by atoms with Crippen LogP contribution in [-0.2, 0) is 0 Å². The Morgan fingerprint density at radius 2 is 2.27 bits per heavy atom. The molecule has 2 rings (SSSR count). The summed E-state index contributed by atoms with van der Waals surface area (Å²) in [5.74, 6) is 1.38. The molecule has 15 heavy (non-hydrogen) atoms. The molecule has 0 unspecified atom stereocenters. The highest BCUT2D eigenvalue weighted by Crippen LogP contribution is 2.28. The van der Waals surface area contributed by atoms with Gasteiger partial charge in [-0.05, 0) is 12.8 Å². The quantitative estimate of drug-likeness (QED) is 0.748. The average molecular weight is 203 g/mol. The molecule has 0 amide bonds. The van der Waals surface area contributed by atoms with Gasteiger partial charge in [0.2, 0.25) is 0 Å². The Hall–Kier alpha value is -1.76. The lowest BCUT2D eigenvalue weighted by Gasteiger charge is -2.13. The molecule has 0 spiro atoms. The maximum atomic E-state index is 8.97. The van der Waals surface area contributed by atoms with Gasteiger partial charge in [-0.15, -0.1) is 0 Å². The van der Waals surface area contributed by atoms with Gasteiger partial charge in [-0.1, -0.05) is 0 Å². The van der Waals surface area contributed by atoms with Crippen LogP contribution in [0, 0.1) is 11.3 Å². The van der Waals surface area contributed by atoms with Crippen molar-refractivity contribution in [2.24, 2.45) is 0 Å². The maximum Gasteiger partial charge on any atom is 0.146 e. The lowest BCUT2D eigenvalue weighted by molar-refractivity contribution is 0.302. The van der Waals surface area contributed by atoms with E-state index in [9.17, 15) is 0 Å². The van der Waals surface area contributed by atoms with Gasteiger partial charge in [0.25, 0.3) is 0 Å². The van der Waals surface area contributed by atoms with Gasteiger partial charge in [0.1, 0.15) is 17.6 Å². The van der Waals surface area contributed by atoms with Gasteiger partial charge in [0.15, 0.2) is 0 Å². The molecule has 1 heterocycles. The molecule has 1 aliphatic carbocycles. The Balaban J connectivity index is 2.25. The molecule has 1 aromatic heterocycles. The summed E-state index contributed by atoms with van der Waals surface area (Å²) in [6.45, 7) is 0. The van der Waals surface area contributed by atoms with E-state index in [1.54, 1.807) is 12.3 Å². The zero-order valence-corrected chi connectivity index (χ0v) is 8.90. The van der Waals surface area contributed by atoms with Crippen LogP contribution >= 0.6 is 0 Å². The molecule has 0 radical (unpaired) electrons. The van der Waals surface area contributed by atoms with Crippen molar-refractivity contribution in [2.75, 3.05) is 19.0 Å². The normalized spacial score (nSPS) is 14.5. The minimum atomic E-state index is 0.337. The number of ether oxygens (including phenoxy) is 1. The number of rotatable bonds is 3. The maximum absolute atomic E-state index is 8.97. The van der Waals surface area contributed by atoms with E-state index in [4.69, 9.17) is 10.00 Å². The number of hydrogen-bond donors (Lipinski definition) is 0. The van der Waals surface area contributed by atoms with Gasteiger partial charge in [0.05, 0.1) is 17.9 Å². The van der Waals surface area contributed by atoms with Crippen molar-refractivity contribution in [3.05, 3.63) is 17.8 Å². The lowest BCUT2D eigenvalue weighted by Crippen LogP contribution is -2.12. The van der Waals surface area contributed by atoms with E-state index in [1.165, 1.54) is 0 Å². The van der Waals surface area contributed by atoms with E-state index in [-0.39, 0.29) is 0 Å². The van der Waals surface area contributed by atoms with Gasteiger partial charge in [0, 0.05) is 20.2 Å². The Kier molecular flexibility index (Phi) is 2.46. The Labute approximate surface area is 89.1 Å². The van der Waals surface area contributed by atoms with Gasteiger partial charge in [-0.3, -0.25) is 0 Å². The molecule has 0 aliphatic heterocycles. The number of hydrogen-bond acceptors (Lipinski definition) is 4. The second kappa shape index (κ2) is 3.77. The third-order valence-corrected chi connectivity index (χ3v) is 2.21. The van der Waals surface area contributed by atoms with Crippen molar-refractivity contribution in [1.29, 1.82) is 5.26 Å². The summed E-state index contributed by atoms with van der Waals surface area (Å²) in [5.41, 5.74) is 0.554. The molecule has 1 saturated carbocycles. The number of anilines is 1. The van der Waals surface area contributed by atoms with Gasteiger partial charge in [-0.25, -0.2) is 4.98 Å². The zero-order valence-electron chi connectivity index (χ0n) is 8.90. The molecular formula is C11H13N3O. The molecule has 1 aliphatic rings. The molecule has 78 valence electrons. The topological polar surface area (TPSA) is 49.2 Å². The average Bonchev–Trinajstić information content (AvgIpc) is 3.01. The summed E-state index contributed by atoms with van der Waals surface area (Å²) in [6, 6.07) is 3.88. The second-order valence-electron chi connectivity index (χ2n) is 3.87. The van der Waals surface area contributed by atoms with E-state index in [0.717, 1.165) is 12.8 Å². The predicted molar refractivity (Wildman–Crippen MR) is 56.9 cm³/mol. The first kappa shape index (κ1) is 9.78. The van der Waals surface area contributed by atoms with E-state index < -0.39 is 0 Å². The molecular weight excluding hydrogens is 190 g/mol. The summed E-state index contributed by atoms with van der Waals surface area (Å²) in [4.78, 5) is 6.03. The molecule has 1 aromatic rings. The fraction of sp³-hybridized carbons (Fsp3) is 0.455. The molecule has 0 bridgehead atoms. The fourth-order valence-electron chi connectivity index (χ4n) is 1.32. The Morgan fingerprint density at radius 3 is 2.80 bits per heavy atom. The molecule has 0 atom stereocenters. The summed E-state index contributed by atoms with van der Waals surface area (Å²) in [7, 11) is 3.73. The number of nitrogens with zero attached hydrogens (tertiary/aromatic N) is 3. The molecule has 4 nitrogen and oxygen atoms in total. The van der Waals surface area contributed by atoms with Crippen LogP contribution in [0.2, 0.25) is 0 Å². The first-order chi connectivity index (χ1) is 7.20. The summed E-state index contributed by atoms with van der Waals surface area (Å²) in [5, 5.41) is 8.97. The van der Waals surface area contributed by atoms with E-state index in [0.29, 0.717) is 23.2 Å². The van der Waals surface area contributed by atoms with Crippen LogP contribution in [-0.4, -0.2) is 25.2 Å². The Morgan fingerprint density at radius 1 is 1.53 bits per heavy atom. The van der Waals surface area contributed by atoms with Crippen LogP contribution in [0.1, 0.15) is 18.4 Å². The Bertz CT molecular complexity index is 405. The van der Waals surface area contributed by atoms with Crippen LogP contribution in [0.3, 0.4) is 0 Å². The number of nitriles is 1. The summed E-state index contributed by atoms with van der Waals surface area (Å²) >= 11 is 0. The van der Waals surface area contributed by atoms with Crippen LogP contribution in [0.5, 0.6) is 5.75 Å². The molecule has 0 N–H and O–H groups in total. The first-order valence-electron chi connectivity index (χ1n) is 4.95. The third-order valence-electron chi connectivity index (χ3n) is 2.21. The SMILES string of the molecule is CN(C)c1ncc(OC2CC2)cc1C#N. The highest BCUT2D eigenvalue weighted by molar-refractivity contribution is 5.54. The van der Waals surface area contributed by atoms with Crippen molar-refractivity contribution in [3.63, 3.8) is 0 Å². The number of aromatic nitrogens is 1. The first-order valence-corrected chi connectivity index (χ1v) is 4.95. The molecule has 1 fully saturated rings. The standard InChI is InChI=1S/C11H13N3O/c1-14(2)11-8(6-12)5-10(7-13-11)15-9-3-4-9/h5,7,9H,3-4H2,1-2H3. The highest BCUT2D eigenvalue weighted by Gasteiger charge is 2.24.